The van der Waals surface area contributed by atoms with Crippen molar-refractivity contribution in [3.8, 4) is 17.7 Å². The minimum atomic E-state index is -0.583. The van der Waals surface area contributed by atoms with Crippen LogP contribution in [0.1, 0.15) is 37.5 Å². The van der Waals surface area contributed by atoms with Gasteiger partial charge in [-0.15, -0.1) is 0 Å². The van der Waals surface area contributed by atoms with Crippen LogP contribution in [0.2, 0.25) is 0 Å². The predicted octanol–water partition coefficient (Wildman–Crippen LogP) is 3.45. The van der Waals surface area contributed by atoms with E-state index in [2.05, 4.69) is 4.99 Å². The third kappa shape index (κ3) is 4.60. The Morgan fingerprint density at radius 3 is 2.69 bits per heavy atom. The van der Waals surface area contributed by atoms with Crippen LogP contribution in [0, 0.1) is 34.3 Å². The van der Waals surface area contributed by atoms with Crippen LogP contribution in [0.5, 0.6) is 11.6 Å². The molecule has 0 unspecified atom stereocenters. The predicted molar refractivity (Wildman–Crippen MR) is 108 cm³/mol. The van der Waals surface area contributed by atoms with Gasteiger partial charge in [-0.25, -0.2) is 4.99 Å². The summed E-state index contributed by atoms with van der Waals surface area (Å²) in [6.45, 7) is 7.60. The van der Waals surface area contributed by atoms with Crippen molar-refractivity contribution in [1.82, 2.24) is 4.57 Å². The van der Waals surface area contributed by atoms with Gasteiger partial charge in [0.1, 0.15) is 23.1 Å². The summed E-state index contributed by atoms with van der Waals surface area (Å²) in [4.78, 5) is 27.4. The number of ether oxygens (including phenoxy) is 1. The summed E-state index contributed by atoms with van der Waals surface area (Å²) in [5, 5.41) is 31.3. The van der Waals surface area contributed by atoms with Crippen LogP contribution < -0.4 is 10.3 Å². The molecule has 0 fully saturated rings. The highest BCUT2D eigenvalue weighted by atomic mass is 16.6. The maximum atomic E-state index is 12.5. The minimum Gasteiger partial charge on any atom is -0.494 e. The second-order valence-electron chi connectivity index (χ2n) is 6.76. The van der Waals surface area contributed by atoms with Crippen molar-refractivity contribution in [3.63, 3.8) is 0 Å². The Hall–Kier alpha value is -3.67. The van der Waals surface area contributed by atoms with Crippen molar-refractivity contribution in [1.29, 1.82) is 5.26 Å². The lowest BCUT2D eigenvalue weighted by Crippen LogP contribution is -2.27. The summed E-state index contributed by atoms with van der Waals surface area (Å²) in [5.74, 6) is 0.0526. The minimum absolute atomic E-state index is 0.0461. The molecule has 0 spiro atoms. The molecule has 0 aliphatic carbocycles. The van der Waals surface area contributed by atoms with Crippen molar-refractivity contribution >= 4 is 17.6 Å². The highest BCUT2D eigenvalue weighted by Gasteiger charge is 2.19. The number of aromatic nitrogens is 1. The molecule has 1 heterocycles. The quantitative estimate of drug-likeness (QED) is 0.432. The maximum absolute atomic E-state index is 12.5. The molecule has 0 amide bonds. The zero-order valence-corrected chi connectivity index (χ0v) is 16.7. The Balaban J connectivity index is 2.62. The van der Waals surface area contributed by atoms with Gasteiger partial charge in [0, 0.05) is 12.8 Å². The van der Waals surface area contributed by atoms with Crippen LogP contribution in [0.15, 0.2) is 28.0 Å². The summed E-state index contributed by atoms with van der Waals surface area (Å²) in [6.07, 6.45) is 1.23. The highest BCUT2D eigenvalue weighted by Crippen LogP contribution is 2.32. The molecule has 0 aliphatic rings. The van der Waals surface area contributed by atoms with Crippen LogP contribution in [0.3, 0.4) is 0 Å². The third-order valence-corrected chi connectivity index (χ3v) is 4.18. The molecule has 152 valence electrons. The molecule has 0 saturated carbocycles. The average Bonchev–Trinajstić information content (AvgIpc) is 2.66. The van der Waals surface area contributed by atoms with Crippen LogP contribution in [0.4, 0.5) is 11.4 Å². The number of aliphatic imine (C=N–C) groups is 1. The van der Waals surface area contributed by atoms with E-state index in [9.17, 15) is 25.3 Å². The molecule has 1 aromatic carbocycles. The van der Waals surface area contributed by atoms with Gasteiger partial charge in [-0.3, -0.25) is 19.5 Å². The molecular weight excluding hydrogens is 376 g/mol. The Labute approximate surface area is 167 Å². The van der Waals surface area contributed by atoms with Crippen molar-refractivity contribution in [3.05, 3.63) is 55.4 Å². The fraction of sp³-hybridized carbons (Fsp3) is 0.350. The fourth-order valence-electron chi connectivity index (χ4n) is 2.81. The number of nitro groups is 1. The molecule has 0 saturated heterocycles. The normalized spacial score (nSPS) is 11.0. The second-order valence-corrected chi connectivity index (χ2v) is 6.76. The molecule has 0 bridgehead atoms. The van der Waals surface area contributed by atoms with E-state index in [1.165, 1.54) is 25.3 Å². The van der Waals surface area contributed by atoms with Gasteiger partial charge in [0.25, 0.3) is 11.2 Å². The SMILES string of the molecule is CCOc1ccc(N=Cc2c(C)c(C#N)c(=O)n(CC(C)C)c2O)c([N+](=O)[O-])c1. The number of pyridine rings is 1. The first-order valence-electron chi connectivity index (χ1n) is 9.02. The largest absolute Gasteiger partial charge is 0.494 e. The van der Waals surface area contributed by atoms with E-state index in [4.69, 9.17) is 4.74 Å². The second kappa shape index (κ2) is 9.01. The van der Waals surface area contributed by atoms with Gasteiger partial charge in [0.05, 0.1) is 23.2 Å². The molecule has 0 radical (unpaired) electrons. The number of hydrogen-bond donors (Lipinski definition) is 1. The van der Waals surface area contributed by atoms with E-state index >= 15 is 0 Å². The molecule has 2 rings (SSSR count). The van der Waals surface area contributed by atoms with E-state index < -0.39 is 10.5 Å². The van der Waals surface area contributed by atoms with Gasteiger partial charge >= 0.3 is 0 Å². The monoisotopic (exact) mass is 398 g/mol. The number of rotatable bonds is 7. The van der Waals surface area contributed by atoms with E-state index in [1.807, 2.05) is 19.9 Å². The Kier molecular flexibility index (Phi) is 6.72. The van der Waals surface area contributed by atoms with Gasteiger partial charge in [0.15, 0.2) is 0 Å². The molecule has 29 heavy (non-hydrogen) atoms. The number of aromatic hydroxyl groups is 1. The topological polar surface area (TPSA) is 131 Å². The highest BCUT2D eigenvalue weighted by molar-refractivity contribution is 5.88. The average molecular weight is 398 g/mol. The Bertz CT molecular complexity index is 1060. The number of nitrogens with zero attached hydrogens (tertiary/aromatic N) is 4. The molecule has 9 heteroatoms. The standard InChI is InChI=1S/C20H22N4O5/c1-5-29-14-6-7-17(18(8-14)24(27)28)22-10-16-13(4)15(9-21)19(25)23(20(16)26)11-12(2)3/h6-8,10,12,26H,5,11H2,1-4H3. The van der Waals surface area contributed by atoms with Crippen LogP contribution >= 0.6 is 0 Å². The van der Waals surface area contributed by atoms with Gasteiger partial charge in [-0.2, -0.15) is 5.26 Å². The maximum Gasteiger partial charge on any atom is 0.298 e. The van der Waals surface area contributed by atoms with Gasteiger partial charge in [0.2, 0.25) is 5.88 Å². The summed E-state index contributed by atoms with van der Waals surface area (Å²) >= 11 is 0. The summed E-state index contributed by atoms with van der Waals surface area (Å²) in [7, 11) is 0. The molecular formula is C20H22N4O5. The van der Waals surface area contributed by atoms with E-state index in [-0.39, 0.29) is 46.4 Å². The van der Waals surface area contributed by atoms with Crippen molar-refractivity contribution in [2.45, 2.75) is 34.2 Å². The fourth-order valence-corrected chi connectivity index (χ4v) is 2.81. The Morgan fingerprint density at radius 1 is 1.45 bits per heavy atom. The molecule has 9 nitrogen and oxygen atoms in total. The van der Waals surface area contributed by atoms with Crippen molar-refractivity contribution in [2.75, 3.05) is 6.61 Å². The van der Waals surface area contributed by atoms with Crippen molar-refractivity contribution in [2.24, 2.45) is 10.9 Å². The Morgan fingerprint density at radius 2 is 2.14 bits per heavy atom. The lowest BCUT2D eigenvalue weighted by Gasteiger charge is -2.15. The number of hydrogen-bond acceptors (Lipinski definition) is 7. The lowest BCUT2D eigenvalue weighted by molar-refractivity contribution is -0.384. The number of nitro benzene ring substituents is 1. The zero-order chi connectivity index (χ0) is 21.7. The third-order valence-electron chi connectivity index (χ3n) is 4.18. The smallest absolute Gasteiger partial charge is 0.298 e. The summed E-state index contributed by atoms with van der Waals surface area (Å²) < 4.78 is 6.39. The van der Waals surface area contributed by atoms with Crippen molar-refractivity contribution < 1.29 is 14.8 Å². The molecule has 0 aliphatic heterocycles. The van der Waals surface area contributed by atoms with E-state index in [0.29, 0.717) is 12.4 Å². The first-order chi connectivity index (χ1) is 13.7. The van der Waals surface area contributed by atoms with Gasteiger partial charge < -0.3 is 9.84 Å². The van der Waals surface area contributed by atoms with Gasteiger partial charge in [-0.1, -0.05) is 13.8 Å². The lowest BCUT2D eigenvalue weighted by atomic mass is 10.1. The van der Waals surface area contributed by atoms with E-state index in [0.717, 1.165) is 4.57 Å². The molecule has 0 atom stereocenters. The molecule has 1 aromatic heterocycles. The van der Waals surface area contributed by atoms with Gasteiger partial charge in [-0.05, 0) is 37.5 Å². The van der Waals surface area contributed by atoms with Crippen LogP contribution in [0.25, 0.3) is 0 Å². The first kappa shape index (κ1) is 21.6. The molecule has 1 N–H and O–H groups in total. The van der Waals surface area contributed by atoms with Crippen LogP contribution in [-0.4, -0.2) is 27.4 Å². The van der Waals surface area contributed by atoms with Crippen LogP contribution in [-0.2, 0) is 6.54 Å². The summed E-state index contributed by atoms with van der Waals surface area (Å²) in [5.41, 5.74) is -0.485. The zero-order valence-electron chi connectivity index (χ0n) is 16.7. The number of nitriles is 1. The molecule has 2 aromatic rings. The number of benzene rings is 1. The summed E-state index contributed by atoms with van der Waals surface area (Å²) in [6, 6.07) is 6.11. The van der Waals surface area contributed by atoms with E-state index in [1.54, 1.807) is 13.0 Å². The first-order valence-corrected chi connectivity index (χ1v) is 9.02.